The maximum Gasteiger partial charge on any atom is 0.222 e. The van der Waals surface area contributed by atoms with Crippen LogP contribution in [0.1, 0.15) is 44.9 Å². The minimum Gasteiger partial charge on any atom is -0.378 e. The number of piperidine rings is 1. The van der Waals surface area contributed by atoms with Crippen LogP contribution in [0.2, 0.25) is 0 Å². The van der Waals surface area contributed by atoms with Crippen LogP contribution in [0.5, 0.6) is 0 Å². The fourth-order valence-electron chi connectivity index (χ4n) is 2.89. The van der Waals surface area contributed by atoms with Crippen LogP contribution in [0.25, 0.3) is 0 Å². The maximum absolute atomic E-state index is 11.8. The molecule has 0 aromatic carbocycles. The van der Waals surface area contributed by atoms with Crippen LogP contribution in [0.15, 0.2) is 0 Å². The van der Waals surface area contributed by atoms with Crippen molar-refractivity contribution in [2.75, 3.05) is 33.4 Å². The number of carbonyl (C=O) groups is 1. The normalized spacial score (nSPS) is 22.2. The van der Waals surface area contributed by atoms with Crippen molar-refractivity contribution < 1.29 is 14.3 Å². The van der Waals surface area contributed by atoms with E-state index >= 15 is 0 Å². The molecule has 1 aliphatic heterocycles. The summed E-state index contributed by atoms with van der Waals surface area (Å²) in [5.41, 5.74) is -0.171. The highest BCUT2D eigenvalue weighted by atomic mass is 16.5. The molecule has 0 atom stereocenters. The molecule has 2 rings (SSSR count). The van der Waals surface area contributed by atoms with Crippen LogP contribution in [0.3, 0.4) is 0 Å². The smallest absolute Gasteiger partial charge is 0.222 e. The van der Waals surface area contributed by atoms with Gasteiger partial charge in [-0.3, -0.25) is 4.79 Å². The summed E-state index contributed by atoms with van der Waals surface area (Å²) in [5, 5.41) is 6.29. The lowest BCUT2D eigenvalue weighted by atomic mass is 9.77. The summed E-state index contributed by atoms with van der Waals surface area (Å²) in [4.78, 5) is 11.8. The predicted molar refractivity (Wildman–Crippen MR) is 77.7 cm³/mol. The molecule has 0 aromatic heterocycles. The molecule has 0 unspecified atom stereocenters. The third-order valence-corrected chi connectivity index (χ3v) is 4.46. The lowest BCUT2D eigenvalue weighted by Crippen LogP contribution is -2.44. The Labute approximate surface area is 121 Å². The minimum atomic E-state index is -0.171. The zero-order valence-electron chi connectivity index (χ0n) is 12.6. The Morgan fingerprint density at radius 1 is 1.35 bits per heavy atom. The quantitative estimate of drug-likeness (QED) is 0.658. The molecule has 5 nitrogen and oxygen atoms in total. The molecule has 0 radical (unpaired) electrons. The summed E-state index contributed by atoms with van der Waals surface area (Å²) < 4.78 is 11.3. The number of ether oxygens (including phenoxy) is 2. The van der Waals surface area contributed by atoms with E-state index in [1.165, 1.54) is 6.42 Å². The molecule has 0 aromatic rings. The summed E-state index contributed by atoms with van der Waals surface area (Å²) in [6, 6.07) is 0. The fourth-order valence-corrected chi connectivity index (χ4v) is 2.89. The SMILES string of the molecule is COC1(CC(=O)NCCCOC2CCNCC2)CCC1. The molecule has 0 bridgehead atoms. The van der Waals surface area contributed by atoms with Crippen molar-refractivity contribution in [3.63, 3.8) is 0 Å². The van der Waals surface area contributed by atoms with E-state index in [-0.39, 0.29) is 11.5 Å². The van der Waals surface area contributed by atoms with E-state index in [9.17, 15) is 4.79 Å². The van der Waals surface area contributed by atoms with Crippen molar-refractivity contribution in [2.45, 2.75) is 56.7 Å². The third-order valence-electron chi connectivity index (χ3n) is 4.46. The highest BCUT2D eigenvalue weighted by molar-refractivity contribution is 5.77. The molecule has 1 amide bonds. The van der Waals surface area contributed by atoms with E-state index < -0.39 is 0 Å². The Balaban J connectivity index is 1.49. The Morgan fingerprint density at radius 2 is 2.10 bits per heavy atom. The molecule has 0 spiro atoms. The average molecular weight is 284 g/mol. The Kier molecular flexibility index (Phi) is 6.26. The van der Waals surface area contributed by atoms with Crippen molar-refractivity contribution in [3.05, 3.63) is 0 Å². The second-order valence-electron chi connectivity index (χ2n) is 5.94. The molecule has 5 heteroatoms. The molecule has 2 fully saturated rings. The van der Waals surface area contributed by atoms with Crippen LogP contribution >= 0.6 is 0 Å². The summed E-state index contributed by atoms with van der Waals surface area (Å²) >= 11 is 0. The van der Waals surface area contributed by atoms with Gasteiger partial charge >= 0.3 is 0 Å². The Bertz CT molecular complexity index is 294. The molecule has 1 saturated carbocycles. The van der Waals surface area contributed by atoms with Gasteiger partial charge in [0.2, 0.25) is 5.91 Å². The van der Waals surface area contributed by atoms with Crippen LogP contribution < -0.4 is 10.6 Å². The number of hydrogen-bond donors (Lipinski definition) is 2. The monoisotopic (exact) mass is 284 g/mol. The van der Waals surface area contributed by atoms with Gasteiger partial charge < -0.3 is 20.1 Å². The van der Waals surface area contributed by atoms with E-state index in [2.05, 4.69) is 10.6 Å². The van der Waals surface area contributed by atoms with Gasteiger partial charge in [0.15, 0.2) is 0 Å². The molecular formula is C15H28N2O3. The molecule has 116 valence electrons. The van der Waals surface area contributed by atoms with Crippen LogP contribution in [0, 0.1) is 0 Å². The third kappa shape index (κ3) is 4.72. The van der Waals surface area contributed by atoms with Crippen molar-refractivity contribution in [3.8, 4) is 0 Å². The highest BCUT2D eigenvalue weighted by Gasteiger charge is 2.38. The van der Waals surface area contributed by atoms with Gasteiger partial charge in [-0.2, -0.15) is 0 Å². The second kappa shape index (κ2) is 7.96. The first-order valence-electron chi connectivity index (χ1n) is 7.88. The van der Waals surface area contributed by atoms with E-state index in [0.29, 0.717) is 19.1 Å². The number of rotatable bonds is 8. The molecule has 2 aliphatic rings. The van der Waals surface area contributed by atoms with Gasteiger partial charge in [-0.1, -0.05) is 0 Å². The van der Waals surface area contributed by atoms with E-state index in [1.54, 1.807) is 7.11 Å². The summed E-state index contributed by atoms with van der Waals surface area (Å²) in [6.45, 7) is 3.55. The van der Waals surface area contributed by atoms with Gasteiger partial charge in [0.25, 0.3) is 0 Å². The predicted octanol–water partition coefficient (Wildman–Crippen LogP) is 1.22. The summed E-state index contributed by atoms with van der Waals surface area (Å²) in [6.07, 6.45) is 7.18. The highest BCUT2D eigenvalue weighted by Crippen LogP contribution is 2.37. The minimum absolute atomic E-state index is 0.105. The van der Waals surface area contributed by atoms with Crippen molar-refractivity contribution in [1.82, 2.24) is 10.6 Å². The van der Waals surface area contributed by atoms with Crippen LogP contribution in [-0.4, -0.2) is 51.0 Å². The summed E-state index contributed by atoms with van der Waals surface area (Å²) in [5.74, 6) is 0.105. The fraction of sp³-hybridized carbons (Fsp3) is 0.933. The van der Waals surface area contributed by atoms with Crippen molar-refractivity contribution in [2.24, 2.45) is 0 Å². The first-order valence-corrected chi connectivity index (χ1v) is 7.88. The topological polar surface area (TPSA) is 59.6 Å². The molecular weight excluding hydrogens is 256 g/mol. The Hall–Kier alpha value is -0.650. The standard InChI is InChI=1S/C15H28N2O3/c1-19-15(6-2-7-15)12-14(18)17-8-3-11-20-13-4-9-16-10-5-13/h13,16H,2-12H2,1H3,(H,17,18). The van der Waals surface area contributed by atoms with E-state index in [0.717, 1.165) is 51.8 Å². The first-order chi connectivity index (χ1) is 9.74. The lowest BCUT2D eigenvalue weighted by molar-refractivity contribution is -0.134. The zero-order valence-corrected chi connectivity index (χ0v) is 12.6. The van der Waals surface area contributed by atoms with Gasteiger partial charge in [-0.25, -0.2) is 0 Å². The van der Waals surface area contributed by atoms with Crippen LogP contribution in [-0.2, 0) is 14.3 Å². The number of methoxy groups -OCH3 is 1. The molecule has 1 saturated heterocycles. The number of amides is 1. The van der Waals surface area contributed by atoms with Gasteiger partial charge in [-0.05, 0) is 51.6 Å². The maximum atomic E-state index is 11.8. The van der Waals surface area contributed by atoms with Gasteiger partial charge in [0.1, 0.15) is 0 Å². The van der Waals surface area contributed by atoms with Crippen molar-refractivity contribution >= 4 is 5.91 Å². The van der Waals surface area contributed by atoms with Crippen molar-refractivity contribution in [1.29, 1.82) is 0 Å². The van der Waals surface area contributed by atoms with Gasteiger partial charge in [0, 0.05) is 20.3 Å². The molecule has 1 heterocycles. The molecule has 2 N–H and O–H groups in total. The van der Waals surface area contributed by atoms with Gasteiger partial charge in [0.05, 0.1) is 18.1 Å². The van der Waals surface area contributed by atoms with E-state index in [4.69, 9.17) is 9.47 Å². The van der Waals surface area contributed by atoms with Gasteiger partial charge in [-0.15, -0.1) is 0 Å². The number of hydrogen-bond acceptors (Lipinski definition) is 4. The average Bonchev–Trinajstić information content (AvgIpc) is 2.44. The zero-order chi connectivity index (χ0) is 14.3. The van der Waals surface area contributed by atoms with Crippen LogP contribution in [0.4, 0.5) is 0 Å². The van der Waals surface area contributed by atoms with E-state index in [1.807, 2.05) is 0 Å². The Morgan fingerprint density at radius 3 is 2.70 bits per heavy atom. The first kappa shape index (κ1) is 15.7. The largest absolute Gasteiger partial charge is 0.378 e. The number of carbonyl (C=O) groups excluding carboxylic acids is 1. The molecule has 1 aliphatic carbocycles. The lowest BCUT2D eigenvalue weighted by Gasteiger charge is -2.39. The molecule has 20 heavy (non-hydrogen) atoms. The second-order valence-corrected chi connectivity index (χ2v) is 5.94. The number of nitrogens with one attached hydrogen (secondary N) is 2. The summed E-state index contributed by atoms with van der Waals surface area (Å²) in [7, 11) is 1.71.